The zero-order chi connectivity index (χ0) is 13.1. The van der Waals surface area contributed by atoms with E-state index in [1.54, 1.807) is 18.4 Å². The Balaban J connectivity index is 2.26. The topological polar surface area (TPSA) is 48.1 Å². The van der Waals surface area contributed by atoms with Crippen LogP contribution in [0.1, 0.15) is 11.9 Å². The molecule has 0 aliphatic rings. The Morgan fingerprint density at radius 2 is 2.28 bits per heavy atom. The van der Waals surface area contributed by atoms with Gasteiger partial charge in [-0.15, -0.1) is 11.3 Å². The molecule has 18 heavy (non-hydrogen) atoms. The van der Waals surface area contributed by atoms with Crippen LogP contribution in [0.25, 0.3) is 11.3 Å². The van der Waals surface area contributed by atoms with E-state index in [1.165, 1.54) is 0 Å². The van der Waals surface area contributed by atoms with Crippen molar-refractivity contribution in [1.29, 1.82) is 0 Å². The monoisotopic (exact) mass is 326 g/mol. The number of hydrogen-bond acceptors (Lipinski definition) is 4. The summed E-state index contributed by atoms with van der Waals surface area (Å²) in [6, 6.07) is 6.11. The Bertz CT molecular complexity index is 540. The molecule has 1 atom stereocenters. The number of halogens is 1. The van der Waals surface area contributed by atoms with Gasteiger partial charge in [-0.3, -0.25) is 0 Å². The number of rotatable bonds is 4. The van der Waals surface area contributed by atoms with Gasteiger partial charge in [0.15, 0.2) is 0 Å². The first-order chi connectivity index (χ1) is 8.60. The van der Waals surface area contributed by atoms with E-state index in [2.05, 4.69) is 26.3 Å². The van der Waals surface area contributed by atoms with Crippen molar-refractivity contribution in [3.63, 3.8) is 0 Å². The van der Waals surface area contributed by atoms with Crippen molar-refractivity contribution >= 4 is 27.3 Å². The summed E-state index contributed by atoms with van der Waals surface area (Å²) in [6.45, 7) is 1.99. The Morgan fingerprint density at radius 3 is 2.89 bits per heavy atom. The zero-order valence-corrected chi connectivity index (χ0v) is 12.7. The van der Waals surface area contributed by atoms with Crippen LogP contribution in [0.4, 0.5) is 0 Å². The predicted molar refractivity (Wildman–Crippen MR) is 79.2 cm³/mol. The molecule has 5 heteroatoms. The first-order valence-electron chi connectivity index (χ1n) is 5.64. The molecule has 1 aromatic carbocycles. The standard InChI is InChI=1S/C13H15BrN2OS/c1-8(15)5-13-16-11(7-18-13)9-3-4-12(17-2)10(14)6-9/h3-4,6-8H,5,15H2,1-2H3. The average Bonchev–Trinajstić information content (AvgIpc) is 2.76. The normalized spacial score (nSPS) is 12.4. The fourth-order valence-electron chi connectivity index (χ4n) is 1.64. The summed E-state index contributed by atoms with van der Waals surface area (Å²) in [6.07, 6.45) is 0.821. The Kier molecular flexibility index (Phi) is 4.37. The van der Waals surface area contributed by atoms with Gasteiger partial charge in [-0.05, 0) is 41.1 Å². The minimum atomic E-state index is 0.145. The number of ether oxygens (including phenoxy) is 1. The quantitative estimate of drug-likeness (QED) is 0.935. The van der Waals surface area contributed by atoms with Crippen LogP contribution in [0.15, 0.2) is 28.1 Å². The lowest BCUT2D eigenvalue weighted by molar-refractivity contribution is 0.412. The molecule has 0 aliphatic heterocycles. The molecule has 1 heterocycles. The van der Waals surface area contributed by atoms with Crippen molar-refractivity contribution in [1.82, 2.24) is 4.98 Å². The highest BCUT2D eigenvalue weighted by atomic mass is 79.9. The smallest absolute Gasteiger partial charge is 0.133 e. The lowest BCUT2D eigenvalue weighted by Crippen LogP contribution is -2.17. The van der Waals surface area contributed by atoms with Gasteiger partial charge >= 0.3 is 0 Å². The van der Waals surface area contributed by atoms with Crippen LogP contribution in [0.2, 0.25) is 0 Å². The summed E-state index contributed by atoms with van der Waals surface area (Å²) in [5, 5.41) is 3.14. The van der Waals surface area contributed by atoms with E-state index in [4.69, 9.17) is 10.5 Å². The van der Waals surface area contributed by atoms with Gasteiger partial charge in [0.25, 0.3) is 0 Å². The van der Waals surface area contributed by atoms with Crippen molar-refractivity contribution in [2.75, 3.05) is 7.11 Å². The molecule has 1 unspecified atom stereocenters. The lowest BCUT2D eigenvalue weighted by Gasteiger charge is -2.04. The number of nitrogens with two attached hydrogens (primary N) is 1. The molecule has 0 aliphatic carbocycles. The SMILES string of the molecule is COc1ccc(-c2csc(CC(C)N)n2)cc1Br. The third kappa shape index (κ3) is 3.10. The molecule has 0 saturated carbocycles. The van der Waals surface area contributed by atoms with E-state index in [1.807, 2.05) is 25.1 Å². The summed E-state index contributed by atoms with van der Waals surface area (Å²) in [7, 11) is 1.66. The molecule has 96 valence electrons. The maximum absolute atomic E-state index is 5.78. The van der Waals surface area contributed by atoms with Gasteiger partial charge in [-0.2, -0.15) is 0 Å². The Labute approximate surface area is 119 Å². The van der Waals surface area contributed by atoms with Crippen LogP contribution in [-0.4, -0.2) is 18.1 Å². The van der Waals surface area contributed by atoms with E-state index in [-0.39, 0.29) is 6.04 Å². The molecule has 0 fully saturated rings. The highest BCUT2D eigenvalue weighted by molar-refractivity contribution is 9.10. The third-order valence-electron chi connectivity index (χ3n) is 2.50. The summed E-state index contributed by atoms with van der Waals surface area (Å²) in [5.74, 6) is 0.824. The van der Waals surface area contributed by atoms with Gasteiger partial charge in [-0.1, -0.05) is 0 Å². The average molecular weight is 327 g/mol. The first-order valence-corrected chi connectivity index (χ1v) is 7.31. The van der Waals surface area contributed by atoms with Crippen molar-refractivity contribution in [3.05, 3.63) is 33.1 Å². The maximum Gasteiger partial charge on any atom is 0.133 e. The molecule has 0 radical (unpaired) electrons. The van der Waals surface area contributed by atoms with Crippen LogP contribution in [-0.2, 0) is 6.42 Å². The highest BCUT2D eigenvalue weighted by Crippen LogP contribution is 2.31. The number of aromatic nitrogens is 1. The second kappa shape index (κ2) is 5.82. The van der Waals surface area contributed by atoms with Crippen LogP contribution < -0.4 is 10.5 Å². The maximum atomic E-state index is 5.78. The lowest BCUT2D eigenvalue weighted by atomic mass is 10.1. The summed E-state index contributed by atoms with van der Waals surface area (Å²) < 4.78 is 6.15. The number of nitrogens with zero attached hydrogens (tertiary/aromatic N) is 1. The molecule has 0 spiro atoms. The van der Waals surface area contributed by atoms with Crippen molar-refractivity contribution in [3.8, 4) is 17.0 Å². The molecular weight excluding hydrogens is 312 g/mol. The number of benzene rings is 1. The van der Waals surface area contributed by atoms with E-state index in [0.717, 1.165) is 32.9 Å². The van der Waals surface area contributed by atoms with Gasteiger partial charge < -0.3 is 10.5 Å². The van der Waals surface area contributed by atoms with Crippen LogP contribution >= 0.6 is 27.3 Å². The summed E-state index contributed by atoms with van der Waals surface area (Å²) in [4.78, 5) is 4.59. The molecule has 0 saturated heterocycles. The predicted octanol–water partition coefficient (Wildman–Crippen LogP) is 3.47. The van der Waals surface area contributed by atoms with E-state index >= 15 is 0 Å². The minimum absolute atomic E-state index is 0.145. The van der Waals surface area contributed by atoms with Crippen LogP contribution in [0, 0.1) is 0 Å². The van der Waals surface area contributed by atoms with Crippen molar-refractivity contribution < 1.29 is 4.74 Å². The Hall–Kier alpha value is -0.910. The van der Waals surface area contributed by atoms with Gasteiger partial charge in [0, 0.05) is 23.4 Å². The molecule has 2 N–H and O–H groups in total. The molecule has 0 bridgehead atoms. The zero-order valence-electron chi connectivity index (χ0n) is 10.3. The van der Waals surface area contributed by atoms with Crippen LogP contribution in [0.5, 0.6) is 5.75 Å². The van der Waals surface area contributed by atoms with Gasteiger partial charge in [0.05, 0.1) is 22.3 Å². The van der Waals surface area contributed by atoms with Crippen molar-refractivity contribution in [2.24, 2.45) is 5.73 Å². The molecule has 2 aromatic rings. The first kappa shape index (κ1) is 13.5. The molecule has 2 rings (SSSR count). The largest absolute Gasteiger partial charge is 0.496 e. The fourth-order valence-corrected chi connectivity index (χ4v) is 3.13. The third-order valence-corrected chi connectivity index (χ3v) is 3.99. The summed E-state index contributed by atoms with van der Waals surface area (Å²) in [5.41, 5.74) is 7.84. The van der Waals surface area contributed by atoms with Gasteiger partial charge in [0.2, 0.25) is 0 Å². The van der Waals surface area contributed by atoms with E-state index < -0.39 is 0 Å². The van der Waals surface area contributed by atoms with E-state index in [0.29, 0.717) is 0 Å². The Morgan fingerprint density at radius 1 is 1.50 bits per heavy atom. The van der Waals surface area contributed by atoms with Crippen LogP contribution in [0.3, 0.4) is 0 Å². The second-order valence-electron chi connectivity index (χ2n) is 4.16. The molecule has 1 aromatic heterocycles. The molecule has 3 nitrogen and oxygen atoms in total. The number of thiazole rings is 1. The molecule has 0 amide bonds. The summed E-state index contributed by atoms with van der Waals surface area (Å²) >= 11 is 5.13. The number of hydrogen-bond donors (Lipinski definition) is 1. The second-order valence-corrected chi connectivity index (χ2v) is 5.95. The highest BCUT2D eigenvalue weighted by Gasteiger charge is 2.08. The fraction of sp³-hybridized carbons (Fsp3) is 0.308. The van der Waals surface area contributed by atoms with E-state index in [9.17, 15) is 0 Å². The minimum Gasteiger partial charge on any atom is -0.496 e. The van der Waals surface area contributed by atoms with Gasteiger partial charge in [0.1, 0.15) is 5.75 Å². The van der Waals surface area contributed by atoms with Gasteiger partial charge in [-0.25, -0.2) is 4.98 Å². The molecular formula is C13H15BrN2OS. The van der Waals surface area contributed by atoms with Crippen molar-refractivity contribution in [2.45, 2.75) is 19.4 Å². The number of methoxy groups -OCH3 is 1.